The number of hydrogen-bond acceptors (Lipinski definition) is 13. The molecule has 0 N–H and O–H groups in total. The van der Waals surface area contributed by atoms with Gasteiger partial charge < -0.3 is 47.4 Å². The molecule has 33 heavy (non-hydrogen) atoms. The number of carbonyl (C=O) groups excluding carboxylic acids is 3. The Morgan fingerprint density at radius 1 is 0.848 bits per heavy atom. The van der Waals surface area contributed by atoms with Crippen LogP contribution < -0.4 is 0 Å². The van der Waals surface area contributed by atoms with E-state index in [4.69, 9.17) is 47.4 Å². The van der Waals surface area contributed by atoms with Crippen LogP contribution in [0.15, 0.2) is 0 Å². The molecule has 3 saturated heterocycles. The van der Waals surface area contributed by atoms with Gasteiger partial charge in [0.15, 0.2) is 12.4 Å². The quantitative estimate of drug-likeness (QED) is 0.336. The number of ether oxygens (including phenoxy) is 10. The van der Waals surface area contributed by atoms with E-state index in [1.807, 2.05) is 0 Å². The van der Waals surface area contributed by atoms with Crippen LogP contribution in [-0.2, 0) is 61.8 Å². The molecule has 0 spiro atoms. The SMILES string of the molecule is CO[C@H]1O[C@@H]2CO[C@]3(COC(C)=O)O[C@H](O[C@H]2[C@H](OC)[C@H]1OC)[C@@H](OC(C)=O)[C@@H]3OC(C)=O. The molecule has 0 amide bonds. The Morgan fingerprint density at radius 2 is 1.52 bits per heavy atom. The Morgan fingerprint density at radius 3 is 2.06 bits per heavy atom. The maximum absolute atomic E-state index is 11.9. The van der Waals surface area contributed by atoms with E-state index in [2.05, 4.69) is 0 Å². The van der Waals surface area contributed by atoms with Crippen molar-refractivity contribution >= 4 is 17.9 Å². The third-order valence-electron chi connectivity index (χ3n) is 5.54. The van der Waals surface area contributed by atoms with Crippen molar-refractivity contribution in [3.63, 3.8) is 0 Å². The standard InChI is InChI=1S/C20H30O13/c1-9(21)27-8-20-17(30-11(3)23)16(29-10(2)22)19(33-20)32-13-12(7-28-20)31-18(26-6)15(25-5)14(13)24-4/h12-19H,7-8H2,1-6H3/t12-,13-,14+,15-,16+,17+,18+,19+,20-/m1/s1. The zero-order valence-electron chi connectivity index (χ0n) is 19.3. The van der Waals surface area contributed by atoms with Crippen LogP contribution in [0.2, 0.25) is 0 Å². The molecule has 13 nitrogen and oxygen atoms in total. The van der Waals surface area contributed by atoms with Gasteiger partial charge in [-0.05, 0) is 0 Å². The van der Waals surface area contributed by atoms with Crippen LogP contribution in [0.4, 0.5) is 0 Å². The second-order valence-corrected chi connectivity index (χ2v) is 7.77. The highest BCUT2D eigenvalue weighted by atomic mass is 16.8. The summed E-state index contributed by atoms with van der Waals surface area (Å²) in [6, 6.07) is 0. The molecule has 3 fully saturated rings. The van der Waals surface area contributed by atoms with Gasteiger partial charge in [0.25, 0.3) is 0 Å². The molecule has 2 bridgehead atoms. The van der Waals surface area contributed by atoms with E-state index in [0.717, 1.165) is 0 Å². The molecule has 0 aliphatic carbocycles. The molecule has 188 valence electrons. The first-order chi connectivity index (χ1) is 15.7. The lowest BCUT2D eigenvalue weighted by molar-refractivity contribution is -0.382. The molecule has 0 aromatic rings. The fourth-order valence-electron chi connectivity index (χ4n) is 4.21. The van der Waals surface area contributed by atoms with E-state index < -0.39 is 79.5 Å². The summed E-state index contributed by atoms with van der Waals surface area (Å²) in [6.07, 6.45) is -7.52. The first kappa shape index (κ1) is 25.7. The summed E-state index contributed by atoms with van der Waals surface area (Å²) in [7, 11) is 4.40. The van der Waals surface area contributed by atoms with Crippen LogP contribution in [-0.4, -0.2) is 107 Å². The Hall–Kier alpha value is -1.87. The number of methoxy groups -OCH3 is 3. The summed E-state index contributed by atoms with van der Waals surface area (Å²) in [5.41, 5.74) is 0. The number of rotatable bonds is 7. The normalized spacial score (nSPS) is 40.2. The van der Waals surface area contributed by atoms with Gasteiger partial charge in [-0.2, -0.15) is 0 Å². The summed E-state index contributed by atoms with van der Waals surface area (Å²) in [4.78, 5) is 35.3. The smallest absolute Gasteiger partial charge is 0.303 e. The second kappa shape index (κ2) is 10.6. The molecule has 9 atom stereocenters. The van der Waals surface area contributed by atoms with Crippen molar-refractivity contribution in [1.29, 1.82) is 0 Å². The summed E-state index contributed by atoms with van der Waals surface area (Å²) in [5, 5.41) is 0. The lowest BCUT2D eigenvalue weighted by Crippen LogP contribution is -2.63. The van der Waals surface area contributed by atoms with Crippen LogP contribution in [0.3, 0.4) is 0 Å². The largest absolute Gasteiger partial charge is 0.460 e. The van der Waals surface area contributed by atoms with Crippen LogP contribution in [0.25, 0.3) is 0 Å². The zero-order chi connectivity index (χ0) is 24.3. The summed E-state index contributed by atoms with van der Waals surface area (Å²) >= 11 is 0. The van der Waals surface area contributed by atoms with Crippen molar-refractivity contribution in [3.8, 4) is 0 Å². The highest BCUT2D eigenvalue weighted by Crippen LogP contribution is 2.42. The number of esters is 3. The summed E-state index contributed by atoms with van der Waals surface area (Å²) in [5.74, 6) is -3.81. The maximum Gasteiger partial charge on any atom is 0.303 e. The Balaban J connectivity index is 2.00. The van der Waals surface area contributed by atoms with Gasteiger partial charge in [-0.3, -0.25) is 14.4 Å². The minimum absolute atomic E-state index is 0.153. The van der Waals surface area contributed by atoms with Crippen LogP contribution in [0, 0.1) is 0 Å². The predicted octanol–water partition coefficient (Wildman–Crippen LogP) is -0.718. The molecule has 0 saturated carbocycles. The molecule has 0 aromatic carbocycles. The molecule has 13 heteroatoms. The van der Waals surface area contributed by atoms with Crippen molar-refractivity contribution in [2.75, 3.05) is 34.5 Å². The van der Waals surface area contributed by atoms with Gasteiger partial charge >= 0.3 is 17.9 Å². The number of fused-ring (bicyclic) bond motifs is 3. The molecular weight excluding hydrogens is 448 g/mol. The molecule has 3 rings (SSSR count). The molecule has 3 aliphatic heterocycles. The fraction of sp³-hybridized carbons (Fsp3) is 0.850. The average molecular weight is 478 g/mol. The molecule has 3 aliphatic rings. The van der Waals surface area contributed by atoms with Gasteiger partial charge in [0, 0.05) is 42.1 Å². The lowest BCUT2D eigenvalue weighted by Gasteiger charge is -2.46. The predicted molar refractivity (Wildman–Crippen MR) is 103 cm³/mol. The number of carbonyl (C=O) groups is 3. The van der Waals surface area contributed by atoms with Crippen molar-refractivity contribution in [2.24, 2.45) is 0 Å². The zero-order valence-corrected chi connectivity index (χ0v) is 19.3. The molecule has 3 heterocycles. The average Bonchev–Trinajstić information content (AvgIpc) is 3.02. The van der Waals surface area contributed by atoms with Gasteiger partial charge in [0.2, 0.25) is 18.2 Å². The Kier molecular flexibility index (Phi) is 8.26. The lowest BCUT2D eigenvalue weighted by atomic mass is 9.98. The monoisotopic (exact) mass is 478 g/mol. The minimum atomic E-state index is -1.82. The van der Waals surface area contributed by atoms with Gasteiger partial charge in [-0.25, -0.2) is 0 Å². The highest BCUT2D eigenvalue weighted by Gasteiger charge is 2.65. The van der Waals surface area contributed by atoms with Gasteiger partial charge in [-0.15, -0.1) is 0 Å². The van der Waals surface area contributed by atoms with Gasteiger partial charge in [0.05, 0.1) is 6.61 Å². The van der Waals surface area contributed by atoms with Crippen LogP contribution in [0.1, 0.15) is 20.8 Å². The topological polar surface area (TPSA) is 144 Å². The van der Waals surface area contributed by atoms with Crippen LogP contribution in [0.5, 0.6) is 0 Å². The van der Waals surface area contributed by atoms with Gasteiger partial charge in [-0.1, -0.05) is 0 Å². The third kappa shape index (κ3) is 5.29. The minimum Gasteiger partial charge on any atom is -0.460 e. The molecular formula is C20H30O13. The second-order valence-electron chi connectivity index (χ2n) is 7.77. The molecule has 0 unspecified atom stereocenters. The summed E-state index contributed by atoms with van der Waals surface area (Å²) < 4.78 is 56.6. The highest BCUT2D eigenvalue weighted by molar-refractivity contribution is 5.68. The first-order valence-corrected chi connectivity index (χ1v) is 10.3. The Labute approximate surface area is 190 Å². The van der Waals surface area contributed by atoms with Crippen molar-refractivity contribution in [3.05, 3.63) is 0 Å². The number of hydrogen-bond donors (Lipinski definition) is 0. The van der Waals surface area contributed by atoms with E-state index in [1.54, 1.807) is 0 Å². The van der Waals surface area contributed by atoms with Crippen molar-refractivity contribution in [1.82, 2.24) is 0 Å². The maximum atomic E-state index is 11.9. The van der Waals surface area contributed by atoms with E-state index in [-0.39, 0.29) is 6.61 Å². The van der Waals surface area contributed by atoms with E-state index in [9.17, 15) is 14.4 Å². The molecule has 0 radical (unpaired) electrons. The third-order valence-corrected chi connectivity index (χ3v) is 5.54. The van der Waals surface area contributed by atoms with E-state index >= 15 is 0 Å². The fourth-order valence-corrected chi connectivity index (χ4v) is 4.21. The van der Waals surface area contributed by atoms with E-state index in [0.29, 0.717) is 0 Å². The van der Waals surface area contributed by atoms with Crippen LogP contribution >= 0.6 is 0 Å². The van der Waals surface area contributed by atoms with Crippen molar-refractivity contribution < 1.29 is 61.8 Å². The van der Waals surface area contributed by atoms with Gasteiger partial charge in [0.1, 0.15) is 31.0 Å². The van der Waals surface area contributed by atoms with Crippen molar-refractivity contribution in [2.45, 2.75) is 75.8 Å². The van der Waals surface area contributed by atoms with E-state index in [1.165, 1.54) is 42.1 Å². The summed E-state index contributed by atoms with van der Waals surface area (Å²) in [6.45, 7) is 2.94. The first-order valence-electron chi connectivity index (χ1n) is 10.3. The Bertz CT molecular complexity index is 729. The molecule has 0 aromatic heterocycles.